The van der Waals surface area contributed by atoms with Crippen molar-refractivity contribution in [3.8, 4) is 0 Å². The molecule has 0 spiro atoms. The standard InChI is InChI=1S/C21H37NO4/c1-17(2,3)13-21(11,18(4,5)6)16(25)26-12-14(23)22-15(24)19(7,8)20(22,9)10/h12-13H2,1-11H3. The average molecular weight is 368 g/mol. The van der Waals surface area contributed by atoms with Crippen LogP contribution >= 0.6 is 0 Å². The van der Waals surface area contributed by atoms with Crippen LogP contribution in [0.2, 0.25) is 0 Å². The van der Waals surface area contributed by atoms with E-state index in [2.05, 4.69) is 20.8 Å². The summed E-state index contributed by atoms with van der Waals surface area (Å²) in [5, 5.41) is 0. The first-order valence-corrected chi connectivity index (χ1v) is 9.34. The lowest BCUT2D eigenvalue weighted by molar-refractivity contribution is -0.193. The number of rotatable bonds is 4. The van der Waals surface area contributed by atoms with E-state index in [1.807, 2.05) is 55.4 Å². The van der Waals surface area contributed by atoms with Crippen LogP contribution in [0.3, 0.4) is 0 Å². The van der Waals surface area contributed by atoms with Crippen LogP contribution in [0.4, 0.5) is 0 Å². The molecule has 26 heavy (non-hydrogen) atoms. The van der Waals surface area contributed by atoms with Crippen molar-refractivity contribution in [1.82, 2.24) is 4.90 Å². The molecular formula is C21H37NO4. The Morgan fingerprint density at radius 2 is 1.42 bits per heavy atom. The lowest BCUT2D eigenvalue weighted by Crippen LogP contribution is -2.75. The molecule has 0 aromatic rings. The van der Waals surface area contributed by atoms with Crippen LogP contribution in [-0.2, 0) is 19.1 Å². The van der Waals surface area contributed by atoms with E-state index < -0.39 is 34.9 Å². The van der Waals surface area contributed by atoms with Crippen molar-refractivity contribution >= 4 is 17.8 Å². The van der Waals surface area contributed by atoms with Crippen LogP contribution in [0.5, 0.6) is 0 Å². The second-order valence-corrected chi connectivity index (χ2v) is 11.1. The molecule has 0 saturated carbocycles. The van der Waals surface area contributed by atoms with Crippen molar-refractivity contribution in [2.24, 2.45) is 21.7 Å². The number of hydrogen-bond donors (Lipinski definition) is 0. The first kappa shape index (κ1) is 22.7. The van der Waals surface area contributed by atoms with E-state index in [0.717, 1.165) is 0 Å². The van der Waals surface area contributed by atoms with Gasteiger partial charge < -0.3 is 4.74 Å². The quantitative estimate of drug-likeness (QED) is 0.552. The predicted molar refractivity (Wildman–Crippen MR) is 102 cm³/mol. The highest BCUT2D eigenvalue weighted by atomic mass is 16.5. The summed E-state index contributed by atoms with van der Waals surface area (Å²) in [5.74, 6) is -1.07. The Morgan fingerprint density at radius 3 is 1.77 bits per heavy atom. The summed E-state index contributed by atoms with van der Waals surface area (Å²) in [5.41, 5.74) is -2.32. The van der Waals surface area contributed by atoms with E-state index in [9.17, 15) is 14.4 Å². The van der Waals surface area contributed by atoms with Crippen molar-refractivity contribution in [2.45, 2.75) is 88.1 Å². The molecule has 0 N–H and O–H groups in total. The maximum absolute atomic E-state index is 12.9. The number of ether oxygens (including phenoxy) is 1. The van der Waals surface area contributed by atoms with Crippen molar-refractivity contribution < 1.29 is 19.1 Å². The molecule has 0 bridgehead atoms. The molecule has 1 heterocycles. The SMILES string of the molecule is CC(C)(C)CC(C)(C(=O)OCC(=O)N1C(=O)C(C)(C)C1(C)C)C(C)(C)C. The van der Waals surface area contributed by atoms with Gasteiger partial charge in [0.25, 0.3) is 5.91 Å². The highest BCUT2D eigenvalue weighted by Crippen LogP contribution is 2.49. The lowest BCUT2D eigenvalue weighted by Gasteiger charge is -2.58. The van der Waals surface area contributed by atoms with Gasteiger partial charge in [-0.3, -0.25) is 19.3 Å². The van der Waals surface area contributed by atoms with Gasteiger partial charge in [0.15, 0.2) is 6.61 Å². The van der Waals surface area contributed by atoms with Gasteiger partial charge >= 0.3 is 5.97 Å². The summed E-state index contributed by atoms with van der Waals surface area (Å²) in [7, 11) is 0. The molecule has 0 aromatic carbocycles. The molecule has 5 heteroatoms. The Balaban J connectivity index is 2.90. The zero-order valence-electron chi connectivity index (χ0n) is 18.5. The van der Waals surface area contributed by atoms with Gasteiger partial charge in [-0.1, -0.05) is 41.5 Å². The van der Waals surface area contributed by atoms with Crippen molar-refractivity contribution in [3.63, 3.8) is 0 Å². The minimum absolute atomic E-state index is 0.0650. The van der Waals surface area contributed by atoms with Crippen LogP contribution in [0.25, 0.3) is 0 Å². The van der Waals surface area contributed by atoms with E-state index >= 15 is 0 Å². The molecule has 1 saturated heterocycles. The molecule has 1 rings (SSSR count). The molecule has 0 aliphatic carbocycles. The molecule has 5 nitrogen and oxygen atoms in total. The van der Waals surface area contributed by atoms with Gasteiger partial charge in [0.05, 0.1) is 16.4 Å². The fraction of sp³-hybridized carbons (Fsp3) is 0.857. The van der Waals surface area contributed by atoms with Crippen LogP contribution in [0.1, 0.15) is 82.6 Å². The minimum Gasteiger partial charge on any atom is -0.455 e. The molecule has 1 fully saturated rings. The van der Waals surface area contributed by atoms with Gasteiger partial charge in [-0.05, 0) is 51.9 Å². The Morgan fingerprint density at radius 1 is 0.962 bits per heavy atom. The normalized spacial score (nSPS) is 21.7. The zero-order valence-corrected chi connectivity index (χ0v) is 18.5. The molecule has 2 amide bonds. The molecule has 1 aliphatic heterocycles. The number of amides is 2. The van der Waals surface area contributed by atoms with Crippen molar-refractivity contribution in [2.75, 3.05) is 6.61 Å². The maximum Gasteiger partial charge on any atom is 0.312 e. The zero-order chi connectivity index (χ0) is 20.9. The third-order valence-electron chi connectivity index (χ3n) is 6.39. The minimum atomic E-state index is -0.737. The third kappa shape index (κ3) is 3.67. The molecule has 1 unspecified atom stereocenters. The van der Waals surface area contributed by atoms with E-state index in [1.54, 1.807) is 0 Å². The highest BCUT2D eigenvalue weighted by molar-refractivity contribution is 6.05. The maximum atomic E-state index is 12.9. The van der Waals surface area contributed by atoms with Crippen LogP contribution in [-0.4, -0.2) is 34.8 Å². The summed E-state index contributed by atoms with van der Waals surface area (Å²) >= 11 is 0. The first-order chi connectivity index (χ1) is 11.3. The molecule has 0 radical (unpaired) electrons. The van der Waals surface area contributed by atoms with E-state index in [1.165, 1.54) is 4.90 Å². The lowest BCUT2D eigenvalue weighted by atomic mass is 9.61. The van der Waals surface area contributed by atoms with Gasteiger partial charge in [0.1, 0.15) is 0 Å². The van der Waals surface area contributed by atoms with Crippen molar-refractivity contribution in [3.05, 3.63) is 0 Å². The Bertz CT molecular complexity index is 604. The summed E-state index contributed by atoms with van der Waals surface area (Å²) in [6.07, 6.45) is 0.637. The van der Waals surface area contributed by atoms with Gasteiger partial charge in [-0.15, -0.1) is 0 Å². The number of carbonyl (C=O) groups is 3. The second kappa shape index (κ2) is 6.35. The number of likely N-dealkylation sites (tertiary alicyclic amines) is 1. The van der Waals surface area contributed by atoms with Crippen molar-refractivity contribution in [1.29, 1.82) is 0 Å². The van der Waals surface area contributed by atoms with Gasteiger partial charge in [-0.2, -0.15) is 0 Å². The molecule has 0 aromatic heterocycles. The van der Waals surface area contributed by atoms with Crippen LogP contribution < -0.4 is 0 Å². The predicted octanol–water partition coefficient (Wildman–Crippen LogP) is 4.19. The number of β-lactam (4-membered cyclic amide) rings is 1. The first-order valence-electron chi connectivity index (χ1n) is 9.34. The van der Waals surface area contributed by atoms with Crippen LogP contribution in [0, 0.1) is 21.7 Å². The number of esters is 1. The topological polar surface area (TPSA) is 63.7 Å². The fourth-order valence-electron chi connectivity index (χ4n) is 3.50. The third-order valence-corrected chi connectivity index (χ3v) is 6.39. The van der Waals surface area contributed by atoms with E-state index in [4.69, 9.17) is 4.74 Å². The number of imide groups is 1. The highest BCUT2D eigenvalue weighted by Gasteiger charge is 2.62. The fourth-order valence-corrected chi connectivity index (χ4v) is 3.50. The Hall–Kier alpha value is -1.39. The summed E-state index contributed by atoms with van der Waals surface area (Å²) in [4.78, 5) is 39.0. The van der Waals surface area contributed by atoms with Gasteiger partial charge in [0.2, 0.25) is 5.91 Å². The summed E-state index contributed by atoms with van der Waals surface area (Å²) in [6, 6.07) is 0. The average Bonchev–Trinajstić information content (AvgIpc) is 2.41. The summed E-state index contributed by atoms with van der Waals surface area (Å²) in [6.45, 7) is 21.1. The van der Waals surface area contributed by atoms with Gasteiger partial charge in [-0.25, -0.2) is 0 Å². The monoisotopic (exact) mass is 367 g/mol. The summed E-state index contributed by atoms with van der Waals surface area (Å²) < 4.78 is 5.43. The Labute approximate surface area is 158 Å². The smallest absolute Gasteiger partial charge is 0.312 e. The second-order valence-electron chi connectivity index (χ2n) is 11.1. The van der Waals surface area contributed by atoms with E-state index in [0.29, 0.717) is 6.42 Å². The van der Waals surface area contributed by atoms with E-state index in [-0.39, 0.29) is 16.7 Å². The number of hydrogen-bond acceptors (Lipinski definition) is 4. The molecule has 1 atom stereocenters. The largest absolute Gasteiger partial charge is 0.455 e. The molecular weight excluding hydrogens is 330 g/mol. The molecule has 150 valence electrons. The van der Waals surface area contributed by atoms with Gasteiger partial charge in [0, 0.05) is 0 Å². The molecule has 1 aliphatic rings. The number of carbonyl (C=O) groups excluding carboxylic acids is 3. The Kier molecular flexibility index (Phi) is 5.53. The number of nitrogens with zero attached hydrogens (tertiary/aromatic N) is 1. The van der Waals surface area contributed by atoms with Crippen LogP contribution in [0.15, 0.2) is 0 Å².